The Bertz CT molecular complexity index is 484. The third-order valence-electron chi connectivity index (χ3n) is 2.41. The van der Waals surface area contributed by atoms with Crippen molar-refractivity contribution >= 4 is 17.9 Å². The quantitative estimate of drug-likeness (QED) is 0.623. The summed E-state index contributed by atoms with van der Waals surface area (Å²) in [5.41, 5.74) is 5.27. The van der Waals surface area contributed by atoms with E-state index in [1.807, 2.05) is 19.0 Å². The number of hydrogen-bond acceptors (Lipinski definition) is 3. The van der Waals surface area contributed by atoms with Gasteiger partial charge in [0.25, 0.3) is 5.91 Å². The Kier molecular flexibility index (Phi) is 6.39. The van der Waals surface area contributed by atoms with Gasteiger partial charge in [0.15, 0.2) is 0 Å². The number of rotatable bonds is 5. The maximum absolute atomic E-state index is 12.7. The molecule has 108 valence electrons. The Morgan fingerprint density at radius 3 is 2.45 bits per heavy atom. The van der Waals surface area contributed by atoms with E-state index in [0.29, 0.717) is 18.5 Å². The van der Waals surface area contributed by atoms with Gasteiger partial charge in [0.1, 0.15) is 5.82 Å². The first-order chi connectivity index (χ1) is 9.47. The van der Waals surface area contributed by atoms with Crippen molar-refractivity contribution in [1.82, 2.24) is 15.8 Å². The number of halogens is 1. The first-order valence-corrected chi connectivity index (χ1v) is 6.14. The van der Waals surface area contributed by atoms with Crippen LogP contribution in [0.1, 0.15) is 12.0 Å². The van der Waals surface area contributed by atoms with Gasteiger partial charge in [-0.15, -0.1) is 0 Å². The van der Waals surface area contributed by atoms with E-state index < -0.39 is 5.91 Å². The van der Waals surface area contributed by atoms with Gasteiger partial charge in [-0.05, 0) is 37.9 Å². The third-order valence-corrected chi connectivity index (χ3v) is 2.41. The normalized spacial score (nSPS) is 10.8. The summed E-state index contributed by atoms with van der Waals surface area (Å²) in [5, 5.41) is 0. The van der Waals surface area contributed by atoms with Crippen LogP contribution >= 0.6 is 0 Å². The lowest BCUT2D eigenvalue weighted by Gasteiger charge is -2.09. The molecule has 5 nitrogen and oxygen atoms in total. The molecule has 0 heterocycles. The lowest BCUT2D eigenvalue weighted by atomic mass is 10.2. The fourth-order valence-corrected chi connectivity index (χ4v) is 1.31. The molecular weight excluding hydrogens is 261 g/mol. The number of hydrazine groups is 1. The molecule has 0 aliphatic rings. The minimum Gasteiger partial charge on any atom is -0.309 e. The fraction of sp³-hybridized carbons (Fsp3) is 0.286. The summed E-state index contributed by atoms with van der Waals surface area (Å²) in [7, 11) is 3.72. The smallest absolute Gasteiger partial charge is 0.262 e. The molecule has 0 fully saturated rings. The van der Waals surface area contributed by atoms with E-state index in [9.17, 15) is 14.0 Å². The average Bonchev–Trinajstić information content (AvgIpc) is 2.42. The van der Waals surface area contributed by atoms with Crippen LogP contribution in [0, 0.1) is 5.82 Å². The number of carbonyl (C=O) groups is 2. The monoisotopic (exact) mass is 279 g/mol. The second-order valence-corrected chi connectivity index (χ2v) is 4.48. The molecule has 20 heavy (non-hydrogen) atoms. The maximum Gasteiger partial charge on any atom is 0.262 e. The van der Waals surface area contributed by atoms with E-state index in [0.717, 1.165) is 0 Å². The lowest BCUT2D eigenvalue weighted by molar-refractivity contribution is -0.126. The third kappa shape index (κ3) is 6.65. The molecule has 0 atom stereocenters. The Labute approximate surface area is 117 Å². The van der Waals surface area contributed by atoms with Crippen LogP contribution in [0.3, 0.4) is 0 Å². The van der Waals surface area contributed by atoms with Crippen LogP contribution < -0.4 is 10.9 Å². The van der Waals surface area contributed by atoms with Crippen molar-refractivity contribution < 1.29 is 14.0 Å². The molecule has 2 N–H and O–H groups in total. The molecule has 0 aromatic heterocycles. The summed E-state index contributed by atoms with van der Waals surface area (Å²) in [6, 6.07) is 5.71. The van der Waals surface area contributed by atoms with Crippen LogP contribution in [-0.2, 0) is 9.59 Å². The molecule has 0 radical (unpaired) electrons. The van der Waals surface area contributed by atoms with Crippen LogP contribution in [-0.4, -0.2) is 37.4 Å². The van der Waals surface area contributed by atoms with Crippen molar-refractivity contribution in [1.29, 1.82) is 0 Å². The molecule has 1 rings (SSSR count). The van der Waals surface area contributed by atoms with Crippen molar-refractivity contribution in [2.45, 2.75) is 6.42 Å². The van der Waals surface area contributed by atoms with Gasteiger partial charge in [-0.3, -0.25) is 20.4 Å². The molecule has 0 aliphatic carbocycles. The summed E-state index contributed by atoms with van der Waals surface area (Å²) in [5.74, 6) is -1.05. The predicted octanol–water partition coefficient (Wildman–Crippen LogP) is 0.938. The Morgan fingerprint density at radius 2 is 1.85 bits per heavy atom. The Balaban J connectivity index is 2.33. The number of carbonyl (C=O) groups excluding carboxylic acids is 2. The molecule has 0 bridgehead atoms. The zero-order chi connectivity index (χ0) is 15.0. The van der Waals surface area contributed by atoms with E-state index >= 15 is 0 Å². The van der Waals surface area contributed by atoms with Gasteiger partial charge in [-0.25, -0.2) is 4.39 Å². The van der Waals surface area contributed by atoms with Gasteiger partial charge in [0.05, 0.1) is 0 Å². The van der Waals surface area contributed by atoms with Gasteiger partial charge >= 0.3 is 0 Å². The Morgan fingerprint density at radius 1 is 1.20 bits per heavy atom. The van der Waals surface area contributed by atoms with E-state index in [1.165, 1.54) is 24.3 Å². The minimum atomic E-state index is -0.451. The summed E-state index contributed by atoms with van der Waals surface area (Å²) in [6.07, 6.45) is 3.09. The number of benzene rings is 1. The first-order valence-electron chi connectivity index (χ1n) is 6.14. The van der Waals surface area contributed by atoms with Crippen molar-refractivity contribution in [3.8, 4) is 0 Å². The summed E-state index contributed by atoms with van der Waals surface area (Å²) < 4.78 is 12.7. The fourth-order valence-electron chi connectivity index (χ4n) is 1.31. The second-order valence-electron chi connectivity index (χ2n) is 4.48. The number of hydrogen-bond donors (Lipinski definition) is 2. The summed E-state index contributed by atoms with van der Waals surface area (Å²) in [6.45, 7) is 0.604. The van der Waals surface area contributed by atoms with Crippen LogP contribution in [0.5, 0.6) is 0 Å². The van der Waals surface area contributed by atoms with Gasteiger partial charge in [0.2, 0.25) is 5.91 Å². The minimum absolute atomic E-state index is 0.262. The van der Waals surface area contributed by atoms with Gasteiger partial charge < -0.3 is 4.90 Å². The van der Waals surface area contributed by atoms with Crippen molar-refractivity contribution in [3.05, 3.63) is 41.7 Å². The van der Waals surface area contributed by atoms with Crippen molar-refractivity contribution in [2.75, 3.05) is 20.6 Å². The molecule has 0 saturated heterocycles. The Hall–Kier alpha value is -2.21. The van der Waals surface area contributed by atoms with Gasteiger partial charge in [-0.2, -0.15) is 0 Å². The summed E-state index contributed by atoms with van der Waals surface area (Å²) >= 11 is 0. The molecule has 6 heteroatoms. The molecule has 0 spiro atoms. The zero-order valence-electron chi connectivity index (χ0n) is 11.5. The van der Waals surface area contributed by atoms with Crippen LogP contribution in [0.15, 0.2) is 30.3 Å². The average molecular weight is 279 g/mol. The van der Waals surface area contributed by atoms with E-state index in [-0.39, 0.29) is 11.7 Å². The molecule has 0 saturated carbocycles. The second kappa shape index (κ2) is 8.06. The highest BCUT2D eigenvalue weighted by Gasteiger charge is 2.02. The largest absolute Gasteiger partial charge is 0.309 e. The van der Waals surface area contributed by atoms with Crippen LogP contribution in [0.2, 0.25) is 0 Å². The first kappa shape index (κ1) is 15.8. The highest BCUT2D eigenvalue weighted by Crippen LogP contribution is 2.04. The molecular formula is C14H18FN3O2. The van der Waals surface area contributed by atoms with Crippen LogP contribution in [0.25, 0.3) is 6.08 Å². The summed E-state index contributed by atoms with van der Waals surface area (Å²) in [4.78, 5) is 24.6. The topological polar surface area (TPSA) is 61.4 Å². The molecule has 2 amide bonds. The SMILES string of the molecule is CN(C)CCC(=O)NNC(=O)/C=C/c1ccc(F)cc1. The van der Waals surface area contributed by atoms with E-state index in [2.05, 4.69) is 10.9 Å². The van der Waals surface area contributed by atoms with Crippen molar-refractivity contribution in [3.63, 3.8) is 0 Å². The number of nitrogens with one attached hydrogen (secondary N) is 2. The lowest BCUT2D eigenvalue weighted by Crippen LogP contribution is -2.41. The highest BCUT2D eigenvalue weighted by atomic mass is 19.1. The number of amides is 2. The van der Waals surface area contributed by atoms with E-state index in [4.69, 9.17) is 0 Å². The van der Waals surface area contributed by atoms with Crippen LogP contribution in [0.4, 0.5) is 4.39 Å². The molecule has 0 aliphatic heterocycles. The van der Waals surface area contributed by atoms with E-state index in [1.54, 1.807) is 12.1 Å². The van der Waals surface area contributed by atoms with Gasteiger partial charge in [-0.1, -0.05) is 12.1 Å². The molecule has 1 aromatic carbocycles. The zero-order valence-corrected chi connectivity index (χ0v) is 11.5. The predicted molar refractivity (Wildman–Crippen MR) is 74.9 cm³/mol. The van der Waals surface area contributed by atoms with Gasteiger partial charge in [0, 0.05) is 19.0 Å². The molecule has 0 unspecified atom stereocenters. The highest BCUT2D eigenvalue weighted by molar-refractivity contribution is 5.93. The standard InChI is InChI=1S/C14H18FN3O2/c1-18(2)10-9-14(20)17-16-13(19)8-5-11-3-6-12(15)7-4-11/h3-8H,9-10H2,1-2H3,(H,16,19)(H,17,20)/b8-5+. The molecule has 1 aromatic rings. The van der Waals surface area contributed by atoms with Crippen molar-refractivity contribution in [2.24, 2.45) is 0 Å². The number of nitrogens with zero attached hydrogens (tertiary/aromatic N) is 1. The maximum atomic E-state index is 12.7.